The molecule has 4 atom stereocenters. The van der Waals surface area contributed by atoms with Gasteiger partial charge in [0.05, 0.1) is 12.9 Å². The van der Waals surface area contributed by atoms with Crippen LogP contribution in [0.15, 0.2) is 42.9 Å². The number of nitrogens with one attached hydrogen (secondary N) is 4. The number of aliphatic hydroxyl groups is 1. The fraction of sp³-hybridized carbons (Fsp3) is 0.435. The summed E-state index contributed by atoms with van der Waals surface area (Å²) in [5.74, 6) is -2.74. The number of aliphatic carboxylic acids is 1. The van der Waals surface area contributed by atoms with Gasteiger partial charge < -0.3 is 36.9 Å². The fourth-order valence-corrected chi connectivity index (χ4v) is 3.76. The molecule has 0 aliphatic heterocycles. The molecule has 0 spiro atoms. The second-order valence-corrected chi connectivity index (χ2v) is 9.05. The van der Waals surface area contributed by atoms with Crippen molar-refractivity contribution in [1.82, 2.24) is 25.9 Å². The lowest BCUT2D eigenvalue weighted by Crippen LogP contribution is -2.58. The normalized spacial score (nSPS) is 14.2. The highest BCUT2D eigenvalue weighted by atomic mass is 32.2. The van der Waals surface area contributed by atoms with Crippen LogP contribution in [-0.2, 0) is 32.0 Å². The van der Waals surface area contributed by atoms with Crippen molar-refractivity contribution in [3.05, 3.63) is 54.1 Å². The van der Waals surface area contributed by atoms with Gasteiger partial charge >= 0.3 is 5.97 Å². The number of carbonyl (C=O) groups is 4. The average Bonchev–Trinajstić information content (AvgIpc) is 3.38. The smallest absolute Gasteiger partial charge is 0.326 e. The largest absolute Gasteiger partial charge is 0.480 e. The number of aromatic amines is 1. The van der Waals surface area contributed by atoms with Crippen LogP contribution in [0.25, 0.3) is 0 Å². The molecule has 1 aromatic carbocycles. The van der Waals surface area contributed by atoms with Crippen molar-refractivity contribution in [2.45, 2.75) is 43.4 Å². The molecule has 0 saturated heterocycles. The number of thioether (sulfide) groups is 1. The molecule has 4 unspecified atom stereocenters. The van der Waals surface area contributed by atoms with E-state index in [9.17, 15) is 24.3 Å². The topological polar surface area (TPSA) is 200 Å². The first-order valence-electron chi connectivity index (χ1n) is 11.3. The number of aromatic nitrogens is 2. The van der Waals surface area contributed by atoms with Crippen LogP contribution in [0.3, 0.4) is 0 Å². The highest BCUT2D eigenvalue weighted by molar-refractivity contribution is 7.98. The Hall–Kier alpha value is -3.42. The van der Waals surface area contributed by atoms with E-state index in [-0.39, 0.29) is 19.3 Å². The molecular formula is C23H32N6O6S. The van der Waals surface area contributed by atoms with Gasteiger partial charge in [0.1, 0.15) is 24.2 Å². The van der Waals surface area contributed by atoms with Gasteiger partial charge in [0.15, 0.2) is 0 Å². The molecule has 0 bridgehead atoms. The van der Waals surface area contributed by atoms with E-state index in [1.165, 1.54) is 24.3 Å². The maximum absolute atomic E-state index is 13.2. The number of carbonyl (C=O) groups excluding carboxylic acids is 3. The Bertz CT molecular complexity index is 990. The summed E-state index contributed by atoms with van der Waals surface area (Å²) in [6, 6.07) is 4.24. The molecule has 0 aliphatic carbocycles. The third-order valence-corrected chi connectivity index (χ3v) is 5.93. The monoisotopic (exact) mass is 520 g/mol. The molecule has 12 nitrogen and oxygen atoms in total. The van der Waals surface area contributed by atoms with E-state index in [0.29, 0.717) is 11.4 Å². The molecule has 2 rings (SSSR count). The van der Waals surface area contributed by atoms with Crippen molar-refractivity contribution in [3.63, 3.8) is 0 Å². The first-order chi connectivity index (χ1) is 17.2. The van der Waals surface area contributed by atoms with Crippen molar-refractivity contribution in [2.75, 3.05) is 18.6 Å². The number of rotatable bonds is 15. The summed E-state index contributed by atoms with van der Waals surface area (Å²) in [6.45, 7) is -0.592. The molecule has 196 valence electrons. The summed E-state index contributed by atoms with van der Waals surface area (Å²) >= 11 is 1.46. The van der Waals surface area contributed by atoms with Crippen molar-refractivity contribution >= 4 is 35.5 Å². The van der Waals surface area contributed by atoms with Crippen LogP contribution < -0.4 is 21.7 Å². The number of carboxylic acid groups (broad SMARTS) is 1. The maximum atomic E-state index is 13.2. The quantitative estimate of drug-likeness (QED) is 0.151. The van der Waals surface area contributed by atoms with Gasteiger partial charge in [-0.15, -0.1) is 0 Å². The van der Waals surface area contributed by atoms with E-state index in [4.69, 9.17) is 10.8 Å². The van der Waals surface area contributed by atoms with Crippen molar-refractivity contribution in [2.24, 2.45) is 5.73 Å². The SMILES string of the molecule is CSCCC(NC(=O)C(N)CO)C(=O)NC(Cc1cnc[nH]1)C(=O)NC(Cc1ccccc1)C(=O)O. The first-order valence-corrected chi connectivity index (χ1v) is 12.6. The molecule has 36 heavy (non-hydrogen) atoms. The molecule has 0 fully saturated rings. The molecule has 13 heteroatoms. The summed E-state index contributed by atoms with van der Waals surface area (Å²) < 4.78 is 0. The Balaban J connectivity index is 2.19. The number of nitrogens with zero attached hydrogens (tertiary/aromatic N) is 1. The highest BCUT2D eigenvalue weighted by Gasteiger charge is 2.30. The van der Waals surface area contributed by atoms with Crippen molar-refractivity contribution in [3.8, 4) is 0 Å². The Morgan fingerprint density at radius 1 is 1.00 bits per heavy atom. The number of benzene rings is 1. The lowest BCUT2D eigenvalue weighted by Gasteiger charge is -2.25. The van der Waals surface area contributed by atoms with E-state index in [0.717, 1.165) is 5.56 Å². The summed E-state index contributed by atoms with van der Waals surface area (Å²) in [5.41, 5.74) is 6.81. The highest BCUT2D eigenvalue weighted by Crippen LogP contribution is 2.07. The number of hydrogen-bond donors (Lipinski definition) is 7. The summed E-state index contributed by atoms with van der Waals surface area (Å²) in [5, 5.41) is 26.4. The van der Waals surface area contributed by atoms with Crippen LogP contribution in [0.2, 0.25) is 0 Å². The van der Waals surface area contributed by atoms with Crippen molar-refractivity contribution < 1.29 is 29.4 Å². The minimum Gasteiger partial charge on any atom is -0.480 e. The minimum atomic E-state index is -1.23. The molecule has 3 amide bonds. The lowest BCUT2D eigenvalue weighted by molar-refractivity contribution is -0.142. The number of carboxylic acids is 1. The number of aliphatic hydroxyl groups excluding tert-OH is 1. The predicted molar refractivity (Wildman–Crippen MR) is 134 cm³/mol. The zero-order valence-corrected chi connectivity index (χ0v) is 20.7. The van der Waals surface area contributed by atoms with Crippen LogP contribution in [0, 0.1) is 0 Å². The molecule has 1 aromatic heterocycles. The van der Waals surface area contributed by atoms with Gasteiger partial charge in [0, 0.05) is 24.7 Å². The first kappa shape index (κ1) is 28.8. The van der Waals surface area contributed by atoms with Crippen LogP contribution in [-0.4, -0.2) is 86.7 Å². The van der Waals surface area contributed by atoms with Crippen molar-refractivity contribution in [1.29, 1.82) is 0 Å². The molecule has 0 aliphatic rings. The Kier molecular flexibility index (Phi) is 11.9. The van der Waals surface area contributed by atoms with Gasteiger partial charge in [-0.05, 0) is 24.0 Å². The number of amides is 3. The van der Waals surface area contributed by atoms with E-state index in [1.54, 1.807) is 30.3 Å². The molecule has 1 heterocycles. The van der Waals surface area contributed by atoms with E-state index >= 15 is 0 Å². The molecule has 2 aromatic rings. The molecule has 8 N–H and O–H groups in total. The molecule has 0 radical (unpaired) electrons. The van der Waals surface area contributed by atoms with Gasteiger partial charge in [-0.3, -0.25) is 14.4 Å². The third-order valence-electron chi connectivity index (χ3n) is 5.29. The molecular weight excluding hydrogens is 488 g/mol. The standard InChI is InChI=1S/C23H32N6O6S/c1-36-8-7-17(27-20(31)16(24)12-30)21(32)28-18(10-15-11-25-13-26-15)22(33)29-19(23(34)35)9-14-5-3-2-4-6-14/h2-6,11,13,16-19,30H,7-10,12,24H2,1H3,(H,25,26)(H,27,31)(H,28,32)(H,29,33)(H,34,35). The fourth-order valence-electron chi connectivity index (χ4n) is 3.29. The van der Waals surface area contributed by atoms with Gasteiger partial charge in [0.2, 0.25) is 17.7 Å². The van der Waals surface area contributed by atoms with E-state index < -0.39 is 54.5 Å². The number of nitrogens with two attached hydrogens (primary N) is 1. The summed E-state index contributed by atoms with van der Waals surface area (Å²) in [7, 11) is 0. The number of imidazole rings is 1. The van der Waals surface area contributed by atoms with Crippen LogP contribution in [0.1, 0.15) is 17.7 Å². The Morgan fingerprint density at radius 3 is 2.22 bits per heavy atom. The zero-order valence-electron chi connectivity index (χ0n) is 19.8. The van der Waals surface area contributed by atoms with Gasteiger partial charge in [-0.2, -0.15) is 11.8 Å². The van der Waals surface area contributed by atoms with Gasteiger partial charge in [-0.25, -0.2) is 9.78 Å². The second-order valence-electron chi connectivity index (χ2n) is 8.06. The number of hydrogen-bond acceptors (Lipinski definition) is 8. The summed E-state index contributed by atoms with van der Waals surface area (Å²) in [6.07, 6.45) is 5.05. The summed E-state index contributed by atoms with van der Waals surface area (Å²) in [4.78, 5) is 57.0. The van der Waals surface area contributed by atoms with Gasteiger partial charge in [0.25, 0.3) is 0 Å². The van der Waals surface area contributed by atoms with Crippen LogP contribution >= 0.6 is 11.8 Å². The van der Waals surface area contributed by atoms with Gasteiger partial charge in [-0.1, -0.05) is 30.3 Å². The maximum Gasteiger partial charge on any atom is 0.326 e. The third kappa shape index (κ3) is 9.32. The Morgan fingerprint density at radius 2 is 1.64 bits per heavy atom. The van der Waals surface area contributed by atoms with Crippen LogP contribution in [0.4, 0.5) is 0 Å². The lowest BCUT2D eigenvalue weighted by atomic mass is 10.0. The predicted octanol–water partition coefficient (Wildman–Crippen LogP) is -1.19. The molecule has 0 saturated carbocycles. The number of H-pyrrole nitrogens is 1. The average molecular weight is 521 g/mol. The zero-order chi connectivity index (χ0) is 26.5. The van der Waals surface area contributed by atoms with E-state index in [2.05, 4.69) is 25.9 Å². The second kappa shape index (κ2) is 14.9. The minimum absolute atomic E-state index is 0.00853. The van der Waals surface area contributed by atoms with Crippen LogP contribution in [0.5, 0.6) is 0 Å². The Labute approximate surface area is 212 Å². The van der Waals surface area contributed by atoms with E-state index in [1.807, 2.05) is 6.26 Å².